The van der Waals surface area contributed by atoms with Crippen LogP contribution in [0.5, 0.6) is 0 Å². The molecule has 3 heteroatoms. The van der Waals surface area contributed by atoms with Crippen LogP contribution in [0.3, 0.4) is 0 Å². The van der Waals surface area contributed by atoms with E-state index in [2.05, 4.69) is 6.92 Å². The van der Waals surface area contributed by atoms with Crippen LogP contribution in [0.1, 0.15) is 32.6 Å². The second kappa shape index (κ2) is 4.47. The Morgan fingerprint density at radius 2 is 2.31 bits per heavy atom. The summed E-state index contributed by atoms with van der Waals surface area (Å²) in [6, 6.07) is 0. The maximum atomic E-state index is 11.0. The highest BCUT2D eigenvalue weighted by molar-refractivity contribution is 6.55. The third-order valence-corrected chi connectivity index (χ3v) is 3.44. The highest BCUT2D eigenvalue weighted by Gasteiger charge is 2.39. The zero-order valence-electron chi connectivity index (χ0n) is 7.72. The lowest BCUT2D eigenvalue weighted by molar-refractivity contribution is -0.117. The first-order valence-corrected chi connectivity index (χ1v) is 5.34. The number of hydrogen-bond acceptors (Lipinski definition) is 1. The Labute approximate surface area is 89.1 Å². The van der Waals surface area contributed by atoms with Gasteiger partial charge in [-0.05, 0) is 25.2 Å². The molecule has 1 nitrogen and oxygen atoms in total. The highest BCUT2D eigenvalue weighted by Crippen LogP contribution is 2.44. The van der Waals surface area contributed by atoms with Crippen molar-refractivity contribution in [2.45, 2.75) is 32.6 Å². The molecule has 0 saturated heterocycles. The standard InChI is InChI=1S/C10H14Cl2O/c1-8-3-2-5-10(8,7-13)6-4-9(11)12/h4,7-8H,2-3,5-6H2,1H3. The molecule has 0 bridgehead atoms. The SMILES string of the molecule is CC1CCCC1(C=O)CC=C(Cl)Cl. The molecule has 0 aromatic carbocycles. The molecule has 2 atom stereocenters. The predicted octanol–water partition coefficient (Wildman–Crippen LogP) is 3.70. The van der Waals surface area contributed by atoms with Crippen molar-refractivity contribution in [1.82, 2.24) is 0 Å². The van der Waals surface area contributed by atoms with E-state index < -0.39 is 0 Å². The largest absolute Gasteiger partial charge is 0.303 e. The van der Waals surface area contributed by atoms with E-state index in [1.54, 1.807) is 6.08 Å². The summed E-state index contributed by atoms with van der Waals surface area (Å²) in [6.07, 6.45) is 6.73. The summed E-state index contributed by atoms with van der Waals surface area (Å²) in [5.74, 6) is 0.453. The first kappa shape index (κ1) is 11.1. The Balaban J connectivity index is 2.70. The molecule has 2 unspecified atom stereocenters. The van der Waals surface area contributed by atoms with E-state index >= 15 is 0 Å². The Morgan fingerprint density at radius 3 is 2.69 bits per heavy atom. The predicted molar refractivity (Wildman–Crippen MR) is 55.9 cm³/mol. The summed E-state index contributed by atoms with van der Waals surface area (Å²) >= 11 is 11.1. The van der Waals surface area contributed by atoms with Crippen molar-refractivity contribution >= 4 is 29.5 Å². The molecule has 0 amide bonds. The summed E-state index contributed by atoms with van der Waals surface area (Å²) in [7, 11) is 0. The molecule has 0 N–H and O–H groups in total. The van der Waals surface area contributed by atoms with E-state index in [1.165, 1.54) is 0 Å². The van der Waals surface area contributed by atoms with Crippen LogP contribution in [-0.2, 0) is 4.79 Å². The fourth-order valence-corrected chi connectivity index (χ4v) is 2.22. The van der Waals surface area contributed by atoms with Gasteiger partial charge < -0.3 is 4.79 Å². The van der Waals surface area contributed by atoms with Crippen LogP contribution in [0.25, 0.3) is 0 Å². The van der Waals surface area contributed by atoms with Gasteiger partial charge >= 0.3 is 0 Å². The van der Waals surface area contributed by atoms with Crippen LogP contribution < -0.4 is 0 Å². The monoisotopic (exact) mass is 220 g/mol. The molecule has 0 heterocycles. The molecule has 13 heavy (non-hydrogen) atoms. The van der Waals surface area contributed by atoms with Crippen LogP contribution in [0.15, 0.2) is 10.6 Å². The first-order chi connectivity index (χ1) is 6.10. The van der Waals surface area contributed by atoms with Gasteiger partial charge in [0, 0.05) is 5.41 Å². The number of halogens is 2. The molecular formula is C10H14Cl2O. The molecular weight excluding hydrogens is 207 g/mol. The van der Waals surface area contributed by atoms with E-state index in [1.807, 2.05) is 0 Å². The fraction of sp³-hybridized carbons (Fsp3) is 0.700. The smallest absolute Gasteiger partial charge is 0.126 e. The van der Waals surface area contributed by atoms with Gasteiger partial charge in [0.05, 0.1) is 0 Å². The fourth-order valence-electron chi connectivity index (χ4n) is 2.06. The third-order valence-electron chi connectivity index (χ3n) is 3.13. The second-order valence-electron chi connectivity index (χ2n) is 3.84. The van der Waals surface area contributed by atoms with Gasteiger partial charge in [-0.3, -0.25) is 0 Å². The Morgan fingerprint density at radius 1 is 1.62 bits per heavy atom. The minimum Gasteiger partial charge on any atom is -0.303 e. The lowest BCUT2D eigenvalue weighted by atomic mass is 9.77. The Bertz CT molecular complexity index is 221. The van der Waals surface area contributed by atoms with Crippen molar-refractivity contribution in [2.75, 3.05) is 0 Å². The second-order valence-corrected chi connectivity index (χ2v) is 4.85. The molecule has 1 aliphatic rings. The summed E-state index contributed by atoms with van der Waals surface area (Å²) in [4.78, 5) is 11.0. The number of aldehydes is 1. The van der Waals surface area contributed by atoms with Crippen molar-refractivity contribution in [3.8, 4) is 0 Å². The minimum atomic E-state index is -0.199. The summed E-state index contributed by atoms with van der Waals surface area (Å²) in [5.41, 5.74) is -0.199. The maximum absolute atomic E-state index is 11.0. The van der Waals surface area contributed by atoms with E-state index in [0.29, 0.717) is 12.3 Å². The van der Waals surface area contributed by atoms with Gasteiger partial charge in [-0.1, -0.05) is 42.6 Å². The summed E-state index contributed by atoms with van der Waals surface area (Å²) in [5, 5.41) is 0. The van der Waals surface area contributed by atoms with Crippen LogP contribution in [-0.4, -0.2) is 6.29 Å². The average molecular weight is 221 g/mol. The van der Waals surface area contributed by atoms with Gasteiger partial charge in [-0.15, -0.1) is 0 Å². The van der Waals surface area contributed by atoms with Gasteiger partial charge in [0.2, 0.25) is 0 Å². The van der Waals surface area contributed by atoms with Gasteiger partial charge in [0.1, 0.15) is 10.8 Å². The molecule has 74 valence electrons. The van der Waals surface area contributed by atoms with Crippen molar-refractivity contribution < 1.29 is 4.79 Å². The quantitative estimate of drug-likeness (QED) is 0.664. The maximum Gasteiger partial charge on any atom is 0.126 e. The molecule has 0 radical (unpaired) electrons. The summed E-state index contributed by atoms with van der Waals surface area (Å²) < 4.78 is 0.264. The van der Waals surface area contributed by atoms with Crippen molar-refractivity contribution in [3.63, 3.8) is 0 Å². The molecule has 0 aromatic rings. The number of allylic oxidation sites excluding steroid dienone is 1. The lowest BCUT2D eigenvalue weighted by Crippen LogP contribution is -2.24. The van der Waals surface area contributed by atoms with E-state index in [9.17, 15) is 4.79 Å². The van der Waals surface area contributed by atoms with Gasteiger partial charge in [0.15, 0.2) is 0 Å². The summed E-state index contributed by atoms with van der Waals surface area (Å²) in [6.45, 7) is 2.12. The van der Waals surface area contributed by atoms with Crippen molar-refractivity contribution in [1.29, 1.82) is 0 Å². The number of rotatable bonds is 3. The van der Waals surface area contributed by atoms with Crippen LogP contribution in [0.2, 0.25) is 0 Å². The van der Waals surface area contributed by atoms with E-state index in [-0.39, 0.29) is 9.91 Å². The first-order valence-electron chi connectivity index (χ1n) is 4.58. The molecule has 1 saturated carbocycles. The van der Waals surface area contributed by atoms with Crippen molar-refractivity contribution in [2.24, 2.45) is 11.3 Å². The van der Waals surface area contributed by atoms with Crippen molar-refractivity contribution in [3.05, 3.63) is 10.6 Å². The Hall–Kier alpha value is -0.0100. The van der Waals surface area contributed by atoms with E-state index in [0.717, 1.165) is 25.5 Å². The van der Waals surface area contributed by atoms with E-state index in [4.69, 9.17) is 23.2 Å². The molecule has 1 fully saturated rings. The Kier molecular flexibility index (Phi) is 3.81. The van der Waals surface area contributed by atoms with Gasteiger partial charge in [-0.2, -0.15) is 0 Å². The third kappa shape index (κ3) is 2.47. The normalized spacial score (nSPS) is 33.0. The number of carbonyl (C=O) groups is 1. The number of hydrogen-bond donors (Lipinski definition) is 0. The van der Waals surface area contributed by atoms with Gasteiger partial charge in [-0.25, -0.2) is 0 Å². The zero-order valence-corrected chi connectivity index (χ0v) is 9.24. The van der Waals surface area contributed by atoms with Crippen LogP contribution in [0, 0.1) is 11.3 Å². The molecule has 0 aromatic heterocycles. The number of carbonyl (C=O) groups excluding carboxylic acids is 1. The topological polar surface area (TPSA) is 17.1 Å². The average Bonchev–Trinajstić information content (AvgIpc) is 2.45. The lowest BCUT2D eigenvalue weighted by Gasteiger charge is -2.25. The van der Waals surface area contributed by atoms with Crippen LogP contribution >= 0.6 is 23.2 Å². The van der Waals surface area contributed by atoms with Gasteiger partial charge in [0.25, 0.3) is 0 Å². The molecule has 1 rings (SSSR count). The molecule has 1 aliphatic carbocycles. The minimum absolute atomic E-state index is 0.199. The van der Waals surface area contributed by atoms with Crippen LogP contribution in [0.4, 0.5) is 0 Å². The highest BCUT2D eigenvalue weighted by atomic mass is 35.5. The molecule has 0 spiro atoms. The zero-order chi connectivity index (χ0) is 9.90. The molecule has 0 aliphatic heterocycles.